The number of anilines is 1. The highest BCUT2D eigenvalue weighted by molar-refractivity contribution is 5.95. The van der Waals surface area contributed by atoms with Gasteiger partial charge in [0, 0.05) is 37.8 Å². The predicted octanol–water partition coefficient (Wildman–Crippen LogP) is 1.31. The SMILES string of the molecule is NCC1CCCN1C(=O)Cc1ccc(N2CCCC2=O)cc1. The summed E-state index contributed by atoms with van der Waals surface area (Å²) in [6.45, 7) is 2.16. The quantitative estimate of drug-likeness (QED) is 0.911. The van der Waals surface area contributed by atoms with Gasteiger partial charge in [-0.25, -0.2) is 0 Å². The minimum atomic E-state index is 0.151. The lowest BCUT2D eigenvalue weighted by Gasteiger charge is -2.23. The largest absolute Gasteiger partial charge is 0.338 e. The van der Waals surface area contributed by atoms with Gasteiger partial charge in [-0.3, -0.25) is 9.59 Å². The Hall–Kier alpha value is -1.88. The van der Waals surface area contributed by atoms with Gasteiger partial charge in [-0.1, -0.05) is 12.1 Å². The number of nitrogens with two attached hydrogens (primary N) is 1. The fourth-order valence-electron chi connectivity index (χ4n) is 3.40. The van der Waals surface area contributed by atoms with Crippen molar-refractivity contribution in [2.24, 2.45) is 5.73 Å². The number of hydrogen-bond acceptors (Lipinski definition) is 3. The average molecular weight is 301 g/mol. The zero-order valence-corrected chi connectivity index (χ0v) is 12.8. The van der Waals surface area contributed by atoms with Crippen LogP contribution in [0.5, 0.6) is 0 Å². The zero-order valence-electron chi connectivity index (χ0n) is 12.8. The number of carbonyl (C=O) groups is 2. The number of amides is 2. The van der Waals surface area contributed by atoms with Gasteiger partial charge in [-0.15, -0.1) is 0 Å². The zero-order chi connectivity index (χ0) is 15.5. The monoisotopic (exact) mass is 301 g/mol. The van der Waals surface area contributed by atoms with Gasteiger partial charge in [0.05, 0.1) is 6.42 Å². The van der Waals surface area contributed by atoms with Crippen molar-refractivity contribution in [2.75, 3.05) is 24.5 Å². The summed E-state index contributed by atoms with van der Waals surface area (Å²) in [4.78, 5) is 27.8. The van der Waals surface area contributed by atoms with Gasteiger partial charge in [-0.2, -0.15) is 0 Å². The maximum absolute atomic E-state index is 12.4. The second-order valence-corrected chi connectivity index (χ2v) is 6.11. The first-order chi connectivity index (χ1) is 10.7. The molecule has 0 saturated carbocycles. The van der Waals surface area contributed by atoms with E-state index in [4.69, 9.17) is 5.73 Å². The number of benzene rings is 1. The molecule has 2 N–H and O–H groups in total. The fraction of sp³-hybridized carbons (Fsp3) is 0.529. The van der Waals surface area contributed by atoms with Gasteiger partial charge in [0.2, 0.25) is 11.8 Å². The molecule has 1 atom stereocenters. The summed E-state index contributed by atoms with van der Waals surface area (Å²) in [6.07, 6.45) is 4.02. The highest BCUT2D eigenvalue weighted by Crippen LogP contribution is 2.22. The lowest BCUT2D eigenvalue weighted by Crippen LogP contribution is -2.40. The Balaban J connectivity index is 1.63. The van der Waals surface area contributed by atoms with Crippen LogP contribution >= 0.6 is 0 Å². The molecule has 118 valence electrons. The van der Waals surface area contributed by atoms with E-state index in [1.165, 1.54) is 0 Å². The first kappa shape index (κ1) is 15.0. The van der Waals surface area contributed by atoms with Crippen LogP contribution in [0.3, 0.4) is 0 Å². The summed E-state index contributed by atoms with van der Waals surface area (Å²) < 4.78 is 0. The first-order valence-corrected chi connectivity index (χ1v) is 8.08. The van der Waals surface area contributed by atoms with Crippen molar-refractivity contribution in [1.82, 2.24) is 4.90 Å². The first-order valence-electron chi connectivity index (χ1n) is 8.08. The highest BCUT2D eigenvalue weighted by Gasteiger charge is 2.27. The van der Waals surface area contributed by atoms with Crippen LogP contribution in [-0.4, -0.2) is 42.4 Å². The molecule has 22 heavy (non-hydrogen) atoms. The minimum absolute atomic E-state index is 0.151. The van der Waals surface area contributed by atoms with Crippen molar-refractivity contribution in [2.45, 2.75) is 38.1 Å². The van der Waals surface area contributed by atoms with E-state index in [-0.39, 0.29) is 17.9 Å². The topological polar surface area (TPSA) is 66.6 Å². The van der Waals surface area contributed by atoms with Crippen LogP contribution < -0.4 is 10.6 Å². The number of rotatable bonds is 4. The molecule has 1 aromatic carbocycles. The smallest absolute Gasteiger partial charge is 0.227 e. The van der Waals surface area contributed by atoms with Gasteiger partial charge in [0.1, 0.15) is 0 Å². The van der Waals surface area contributed by atoms with E-state index < -0.39 is 0 Å². The normalized spacial score (nSPS) is 21.7. The van der Waals surface area contributed by atoms with Gasteiger partial charge in [0.15, 0.2) is 0 Å². The summed E-state index contributed by atoms with van der Waals surface area (Å²) >= 11 is 0. The summed E-state index contributed by atoms with van der Waals surface area (Å²) in [5.41, 5.74) is 7.65. The Morgan fingerprint density at radius 2 is 1.95 bits per heavy atom. The van der Waals surface area contributed by atoms with Crippen molar-refractivity contribution in [3.63, 3.8) is 0 Å². The van der Waals surface area contributed by atoms with Crippen LogP contribution in [0.25, 0.3) is 0 Å². The van der Waals surface area contributed by atoms with E-state index >= 15 is 0 Å². The van der Waals surface area contributed by atoms with Crippen molar-refractivity contribution in [1.29, 1.82) is 0 Å². The molecule has 5 heteroatoms. The van der Waals surface area contributed by atoms with Gasteiger partial charge in [0.25, 0.3) is 0 Å². The minimum Gasteiger partial charge on any atom is -0.338 e. The summed E-state index contributed by atoms with van der Waals surface area (Å²) in [7, 11) is 0. The molecule has 1 unspecified atom stereocenters. The third-order valence-electron chi connectivity index (χ3n) is 4.65. The summed E-state index contributed by atoms with van der Waals surface area (Å²) in [5, 5.41) is 0. The van der Waals surface area contributed by atoms with Crippen LogP contribution in [0, 0.1) is 0 Å². The molecule has 3 rings (SSSR count). The summed E-state index contributed by atoms with van der Waals surface area (Å²) in [5.74, 6) is 0.338. The molecule has 1 aromatic rings. The van der Waals surface area contributed by atoms with E-state index in [2.05, 4.69) is 0 Å². The Kier molecular flexibility index (Phi) is 4.43. The molecule has 0 spiro atoms. The fourth-order valence-corrected chi connectivity index (χ4v) is 3.40. The molecule has 2 amide bonds. The third kappa shape index (κ3) is 2.99. The van der Waals surface area contributed by atoms with Crippen LogP contribution in [-0.2, 0) is 16.0 Å². The van der Waals surface area contributed by atoms with Crippen LogP contribution in [0.1, 0.15) is 31.2 Å². The Bertz CT molecular complexity index is 556. The van der Waals surface area contributed by atoms with E-state index in [1.807, 2.05) is 34.1 Å². The van der Waals surface area contributed by atoms with Crippen molar-refractivity contribution >= 4 is 17.5 Å². The number of likely N-dealkylation sites (tertiary alicyclic amines) is 1. The standard InChI is InChI=1S/C17H23N3O2/c18-12-15-3-1-9-20(15)17(22)11-13-5-7-14(8-6-13)19-10-2-4-16(19)21/h5-8,15H,1-4,9-12,18H2. The molecular formula is C17H23N3O2. The molecule has 2 saturated heterocycles. The Labute approximate surface area is 131 Å². The number of hydrogen-bond donors (Lipinski definition) is 1. The lowest BCUT2D eigenvalue weighted by atomic mass is 10.1. The van der Waals surface area contributed by atoms with E-state index in [1.54, 1.807) is 0 Å². The molecule has 2 fully saturated rings. The van der Waals surface area contributed by atoms with E-state index in [0.717, 1.165) is 43.6 Å². The van der Waals surface area contributed by atoms with Gasteiger partial charge in [-0.05, 0) is 37.0 Å². The number of nitrogens with zero attached hydrogens (tertiary/aromatic N) is 2. The maximum Gasteiger partial charge on any atom is 0.227 e. The van der Waals surface area contributed by atoms with Gasteiger partial charge >= 0.3 is 0 Å². The molecule has 0 aliphatic carbocycles. The lowest BCUT2D eigenvalue weighted by molar-refractivity contribution is -0.131. The van der Waals surface area contributed by atoms with Gasteiger partial charge < -0.3 is 15.5 Å². The number of carbonyl (C=O) groups excluding carboxylic acids is 2. The molecule has 0 aromatic heterocycles. The van der Waals surface area contributed by atoms with Crippen molar-refractivity contribution in [3.8, 4) is 0 Å². The van der Waals surface area contributed by atoms with Crippen molar-refractivity contribution in [3.05, 3.63) is 29.8 Å². The molecular weight excluding hydrogens is 278 g/mol. The maximum atomic E-state index is 12.4. The van der Waals surface area contributed by atoms with Crippen LogP contribution in [0.15, 0.2) is 24.3 Å². The Morgan fingerprint density at radius 1 is 1.18 bits per heavy atom. The highest BCUT2D eigenvalue weighted by atomic mass is 16.2. The Morgan fingerprint density at radius 3 is 2.59 bits per heavy atom. The molecule has 5 nitrogen and oxygen atoms in total. The van der Waals surface area contributed by atoms with Crippen LogP contribution in [0.2, 0.25) is 0 Å². The molecule has 2 aliphatic heterocycles. The third-order valence-corrected chi connectivity index (χ3v) is 4.65. The molecule has 2 heterocycles. The van der Waals surface area contributed by atoms with E-state index in [0.29, 0.717) is 19.4 Å². The second-order valence-electron chi connectivity index (χ2n) is 6.11. The van der Waals surface area contributed by atoms with E-state index in [9.17, 15) is 9.59 Å². The summed E-state index contributed by atoms with van der Waals surface area (Å²) in [6, 6.07) is 7.99. The molecule has 0 bridgehead atoms. The van der Waals surface area contributed by atoms with Crippen LogP contribution in [0.4, 0.5) is 5.69 Å². The second kappa shape index (κ2) is 6.48. The molecule has 0 radical (unpaired) electrons. The van der Waals surface area contributed by atoms with Crippen molar-refractivity contribution < 1.29 is 9.59 Å². The average Bonchev–Trinajstić information content (AvgIpc) is 3.16. The predicted molar refractivity (Wildman–Crippen MR) is 85.5 cm³/mol. The molecule has 2 aliphatic rings.